The number of rotatable bonds is 3. The molecule has 0 atom stereocenters. The van der Waals surface area contributed by atoms with Gasteiger partial charge in [0.05, 0.1) is 0 Å². The number of aryl methyl sites for hydroxylation is 1. The fourth-order valence-electron chi connectivity index (χ4n) is 1.20. The first-order valence-electron chi connectivity index (χ1n) is 4.83. The van der Waals surface area contributed by atoms with Crippen molar-refractivity contribution in [2.75, 3.05) is 0 Å². The molecule has 2 aromatic heterocycles. The topological polar surface area (TPSA) is 76.0 Å². The van der Waals surface area contributed by atoms with Crippen LogP contribution in [0.2, 0.25) is 0 Å². The first-order chi connectivity index (χ1) is 8.15. The van der Waals surface area contributed by atoms with E-state index < -0.39 is 5.97 Å². The Kier molecular flexibility index (Phi) is 3.34. The molecule has 0 fully saturated rings. The van der Waals surface area contributed by atoms with E-state index in [1.165, 1.54) is 17.8 Å². The third-order valence-corrected chi connectivity index (χ3v) is 2.70. The van der Waals surface area contributed by atoms with E-state index in [0.717, 1.165) is 5.03 Å². The van der Waals surface area contributed by atoms with E-state index in [2.05, 4.69) is 15.0 Å². The molecule has 0 aliphatic carbocycles. The lowest BCUT2D eigenvalue weighted by Gasteiger charge is -2.02. The molecule has 0 radical (unpaired) electrons. The molecule has 0 unspecified atom stereocenters. The van der Waals surface area contributed by atoms with E-state index >= 15 is 0 Å². The highest BCUT2D eigenvalue weighted by Crippen LogP contribution is 2.22. The predicted molar refractivity (Wildman–Crippen MR) is 62.1 cm³/mol. The van der Waals surface area contributed by atoms with Crippen molar-refractivity contribution in [3.63, 3.8) is 0 Å². The quantitative estimate of drug-likeness (QED) is 0.836. The minimum atomic E-state index is -1.06. The molecule has 0 aliphatic heterocycles. The van der Waals surface area contributed by atoms with Crippen LogP contribution in [0.3, 0.4) is 0 Å². The van der Waals surface area contributed by atoms with E-state index in [1.807, 2.05) is 18.2 Å². The molecular formula is C11H9N3O2S. The number of aromatic nitrogens is 3. The van der Waals surface area contributed by atoms with Gasteiger partial charge in [-0.3, -0.25) is 0 Å². The molecule has 86 valence electrons. The van der Waals surface area contributed by atoms with Crippen molar-refractivity contribution in [1.29, 1.82) is 0 Å². The maximum atomic E-state index is 10.8. The Bertz CT molecular complexity index is 546. The standard InChI is InChI=1S/C11H9N3O2S/c1-7-6-8(10(15)16)14-11(13-7)17-9-4-2-3-5-12-9/h2-6H,1H3,(H,15,16). The fraction of sp³-hybridized carbons (Fsp3) is 0.0909. The van der Waals surface area contributed by atoms with Crippen molar-refractivity contribution >= 4 is 17.7 Å². The number of pyridine rings is 1. The lowest BCUT2D eigenvalue weighted by molar-refractivity contribution is 0.0689. The predicted octanol–water partition coefficient (Wildman–Crippen LogP) is 2.03. The molecule has 0 spiro atoms. The minimum Gasteiger partial charge on any atom is -0.477 e. The highest BCUT2D eigenvalue weighted by Gasteiger charge is 2.09. The third kappa shape index (κ3) is 3.01. The van der Waals surface area contributed by atoms with Crippen LogP contribution in [0.25, 0.3) is 0 Å². The van der Waals surface area contributed by atoms with Gasteiger partial charge in [-0.2, -0.15) is 0 Å². The van der Waals surface area contributed by atoms with E-state index in [9.17, 15) is 4.79 Å². The summed E-state index contributed by atoms with van der Waals surface area (Å²) >= 11 is 1.24. The maximum Gasteiger partial charge on any atom is 0.354 e. The smallest absolute Gasteiger partial charge is 0.354 e. The second-order valence-corrected chi connectivity index (χ2v) is 4.24. The Morgan fingerprint density at radius 3 is 2.82 bits per heavy atom. The van der Waals surface area contributed by atoms with Crippen molar-refractivity contribution in [2.45, 2.75) is 17.1 Å². The Labute approximate surface area is 102 Å². The molecule has 1 N–H and O–H groups in total. The van der Waals surface area contributed by atoms with Crippen molar-refractivity contribution in [1.82, 2.24) is 15.0 Å². The highest BCUT2D eigenvalue weighted by atomic mass is 32.2. The molecule has 0 saturated heterocycles. The van der Waals surface area contributed by atoms with E-state index in [1.54, 1.807) is 13.1 Å². The summed E-state index contributed by atoms with van der Waals surface area (Å²) in [5.74, 6) is -1.06. The molecule has 6 heteroatoms. The van der Waals surface area contributed by atoms with Crippen molar-refractivity contribution in [3.05, 3.63) is 41.9 Å². The number of carboxylic acid groups (broad SMARTS) is 1. The van der Waals surface area contributed by atoms with Gasteiger partial charge in [0.2, 0.25) is 0 Å². The zero-order valence-electron chi connectivity index (χ0n) is 8.99. The van der Waals surface area contributed by atoms with Gasteiger partial charge < -0.3 is 5.11 Å². The van der Waals surface area contributed by atoms with Crippen LogP contribution in [-0.2, 0) is 0 Å². The van der Waals surface area contributed by atoms with Gasteiger partial charge in [-0.1, -0.05) is 6.07 Å². The van der Waals surface area contributed by atoms with Crippen LogP contribution in [0.4, 0.5) is 0 Å². The average Bonchev–Trinajstić information content (AvgIpc) is 2.29. The van der Waals surface area contributed by atoms with Gasteiger partial charge in [0.25, 0.3) is 0 Å². The largest absolute Gasteiger partial charge is 0.477 e. The summed E-state index contributed by atoms with van der Waals surface area (Å²) < 4.78 is 0. The zero-order chi connectivity index (χ0) is 12.3. The summed E-state index contributed by atoms with van der Waals surface area (Å²) in [5.41, 5.74) is 0.617. The molecule has 0 bridgehead atoms. The zero-order valence-corrected chi connectivity index (χ0v) is 9.81. The SMILES string of the molecule is Cc1cc(C(=O)O)nc(Sc2ccccn2)n1. The van der Waals surface area contributed by atoms with Crippen LogP contribution in [0.15, 0.2) is 40.6 Å². The van der Waals surface area contributed by atoms with Gasteiger partial charge in [0, 0.05) is 11.9 Å². The van der Waals surface area contributed by atoms with Gasteiger partial charge in [0.15, 0.2) is 10.9 Å². The lowest BCUT2D eigenvalue weighted by Crippen LogP contribution is -2.03. The first kappa shape index (κ1) is 11.5. The van der Waals surface area contributed by atoms with Gasteiger partial charge in [-0.05, 0) is 36.9 Å². The van der Waals surface area contributed by atoms with Crippen LogP contribution in [0.1, 0.15) is 16.2 Å². The summed E-state index contributed by atoms with van der Waals surface area (Å²) in [4.78, 5) is 23.1. The van der Waals surface area contributed by atoms with E-state index in [4.69, 9.17) is 5.11 Å². The number of carboxylic acids is 1. The molecule has 17 heavy (non-hydrogen) atoms. The van der Waals surface area contributed by atoms with Crippen molar-refractivity contribution in [3.8, 4) is 0 Å². The number of carbonyl (C=O) groups is 1. The third-order valence-electron chi connectivity index (χ3n) is 1.89. The van der Waals surface area contributed by atoms with Crippen LogP contribution in [-0.4, -0.2) is 26.0 Å². The van der Waals surface area contributed by atoms with E-state index in [-0.39, 0.29) is 5.69 Å². The van der Waals surface area contributed by atoms with Crippen molar-refractivity contribution < 1.29 is 9.90 Å². The summed E-state index contributed by atoms with van der Waals surface area (Å²) in [6.07, 6.45) is 1.66. The summed E-state index contributed by atoms with van der Waals surface area (Å²) in [7, 11) is 0. The molecule has 2 aromatic rings. The summed E-state index contributed by atoms with van der Waals surface area (Å²) in [6.45, 7) is 1.73. The van der Waals surface area contributed by atoms with Crippen molar-refractivity contribution in [2.24, 2.45) is 0 Å². The van der Waals surface area contributed by atoms with Gasteiger partial charge in [-0.15, -0.1) is 0 Å². The average molecular weight is 247 g/mol. The fourth-order valence-corrected chi connectivity index (χ4v) is 1.98. The number of nitrogens with zero attached hydrogens (tertiary/aromatic N) is 3. The number of hydrogen-bond donors (Lipinski definition) is 1. The summed E-state index contributed by atoms with van der Waals surface area (Å²) in [6, 6.07) is 6.91. The molecule has 0 saturated carbocycles. The molecule has 0 amide bonds. The normalized spacial score (nSPS) is 10.2. The van der Waals surface area contributed by atoms with Crippen LogP contribution < -0.4 is 0 Å². The van der Waals surface area contributed by atoms with Gasteiger partial charge in [-0.25, -0.2) is 19.7 Å². The molecule has 0 aliphatic rings. The highest BCUT2D eigenvalue weighted by molar-refractivity contribution is 7.99. The number of aromatic carboxylic acids is 1. The maximum absolute atomic E-state index is 10.8. The molecule has 5 nitrogen and oxygen atoms in total. The summed E-state index contributed by atoms with van der Waals surface area (Å²) in [5, 5.41) is 10.0. The minimum absolute atomic E-state index is 0.00377. The molecule has 0 aromatic carbocycles. The van der Waals surface area contributed by atoms with Crippen LogP contribution in [0.5, 0.6) is 0 Å². The van der Waals surface area contributed by atoms with Crippen LogP contribution in [0, 0.1) is 6.92 Å². The molecular weight excluding hydrogens is 238 g/mol. The Morgan fingerprint density at radius 2 is 2.18 bits per heavy atom. The Balaban J connectivity index is 2.30. The van der Waals surface area contributed by atoms with Crippen LogP contribution >= 0.6 is 11.8 Å². The number of hydrogen-bond acceptors (Lipinski definition) is 5. The Morgan fingerprint density at radius 1 is 1.35 bits per heavy atom. The second kappa shape index (κ2) is 4.92. The van der Waals surface area contributed by atoms with Gasteiger partial charge in [0.1, 0.15) is 5.03 Å². The second-order valence-electron chi connectivity index (χ2n) is 3.25. The first-order valence-corrected chi connectivity index (χ1v) is 5.64. The molecule has 2 heterocycles. The monoisotopic (exact) mass is 247 g/mol. The van der Waals surface area contributed by atoms with E-state index in [0.29, 0.717) is 10.9 Å². The van der Waals surface area contributed by atoms with Gasteiger partial charge >= 0.3 is 5.97 Å². The molecule has 2 rings (SSSR count). The lowest BCUT2D eigenvalue weighted by atomic mass is 10.3. The Hall–Kier alpha value is -1.95.